The van der Waals surface area contributed by atoms with Crippen LogP contribution in [-0.2, 0) is 0 Å². The highest BCUT2D eigenvalue weighted by atomic mass is 35.5. The van der Waals surface area contributed by atoms with Gasteiger partial charge in [0.2, 0.25) is 0 Å². The molecule has 3 aromatic rings. The summed E-state index contributed by atoms with van der Waals surface area (Å²) in [5.74, 6) is 0. The molecule has 1 aromatic heterocycles. The van der Waals surface area contributed by atoms with Gasteiger partial charge >= 0.3 is 0 Å². The fraction of sp³-hybridized carbons (Fsp3) is 0. The van der Waals surface area contributed by atoms with E-state index in [0.29, 0.717) is 20.6 Å². The van der Waals surface area contributed by atoms with Gasteiger partial charge in [-0.3, -0.25) is 0 Å². The lowest BCUT2D eigenvalue weighted by atomic mass is 10.2. The predicted octanol–water partition coefficient (Wildman–Crippen LogP) is 6.74. The molecule has 0 unspecified atom stereocenters. The number of allylic oxidation sites excluding steroid dienone is 3. The standard InChI is InChI=1S/C20H12Cl2N2S/c21-17-10-9-15(11-18(17)22)19-13-25-20(24-19)16(12-23)8-4-7-14-5-2-1-3-6-14/h1-11,13H/b7-4+,16-8-. The van der Waals surface area contributed by atoms with Crippen LogP contribution in [0, 0.1) is 11.3 Å². The molecule has 2 aromatic carbocycles. The van der Waals surface area contributed by atoms with E-state index in [1.807, 2.05) is 53.9 Å². The Balaban J connectivity index is 1.84. The van der Waals surface area contributed by atoms with Crippen molar-refractivity contribution in [1.82, 2.24) is 4.98 Å². The van der Waals surface area contributed by atoms with Gasteiger partial charge in [-0.25, -0.2) is 4.98 Å². The topological polar surface area (TPSA) is 36.7 Å². The summed E-state index contributed by atoms with van der Waals surface area (Å²) in [5.41, 5.74) is 3.23. The number of rotatable bonds is 4. The molecule has 0 aliphatic heterocycles. The van der Waals surface area contributed by atoms with Crippen LogP contribution in [-0.4, -0.2) is 4.98 Å². The number of thiazole rings is 1. The van der Waals surface area contributed by atoms with Crippen molar-refractivity contribution in [3.8, 4) is 17.3 Å². The lowest BCUT2D eigenvalue weighted by Crippen LogP contribution is -1.82. The fourth-order valence-corrected chi connectivity index (χ4v) is 3.26. The molecule has 0 spiro atoms. The minimum absolute atomic E-state index is 0.482. The molecule has 0 atom stereocenters. The van der Waals surface area contributed by atoms with Crippen LogP contribution in [0.25, 0.3) is 22.9 Å². The summed E-state index contributed by atoms with van der Waals surface area (Å²) in [6, 6.07) is 17.5. The zero-order chi connectivity index (χ0) is 17.6. The highest BCUT2D eigenvalue weighted by molar-refractivity contribution is 7.11. The minimum Gasteiger partial charge on any atom is -0.235 e. The lowest BCUT2D eigenvalue weighted by Gasteiger charge is -1.99. The highest BCUT2D eigenvalue weighted by Gasteiger charge is 2.09. The maximum absolute atomic E-state index is 9.41. The van der Waals surface area contributed by atoms with Crippen LogP contribution in [0.15, 0.2) is 66.1 Å². The van der Waals surface area contributed by atoms with E-state index in [1.54, 1.807) is 18.2 Å². The average Bonchev–Trinajstić information content (AvgIpc) is 3.12. The summed E-state index contributed by atoms with van der Waals surface area (Å²) in [6.45, 7) is 0. The molecule has 0 saturated heterocycles. The van der Waals surface area contributed by atoms with Crippen LogP contribution in [0.1, 0.15) is 10.6 Å². The zero-order valence-corrected chi connectivity index (χ0v) is 15.3. The Kier molecular flexibility index (Phi) is 5.67. The van der Waals surface area contributed by atoms with E-state index >= 15 is 0 Å². The Bertz CT molecular complexity index is 982. The van der Waals surface area contributed by atoms with Crippen molar-refractivity contribution in [1.29, 1.82) is 5.26 Å². The molecule has 5 heteroatoms. The third-order valence-electron chi connectivity index (χ3n) is 3.42. The first-order chi connectivity index (χ1) is 12.2. The molecule has 0 fully saturated rings. The predicted molar refractivity (Wildman–Crippen MR) is 107 cm³/mol. The van der Waals surface area contributed by atoms with Gasteiger partial charge in [-0.2, -0.15) is 5.26 Å². The van der Waals surface area contributed by atoms with Crippen LogP contribution >= 0.6 is 34.5 Å². The summed E-state index contributed by atoms with van der Waals surface area (Å²) >= 11 is 13.4. The van der Waals surface area contributed by atoms with E-state index in [4.69, 9.17) is 23.2 Å². The Labute approximate surface area is 160 Å². The Hall–Kier alpha value is -2.38. The molecule has 2 nitrogen and oxygen atoms in total. The van der Waals surface area contributed by atoms with Crippen molar-refractivity contribution in [2.45, 2.75) is 0 Å². The Morgan fingerprint density at radius 3 is 2.60 bits per heavy atom. The van der Waals surface area contributed by atoms with Crippen molar-refractivity contribution in [3.05, 3.63) is 86.7 Å². The molecule has 0 aliphatic carbocycles. The van der Waals surface area contributed by atoms with Gasteiger partial charge < -0.3 is 0 Å². The molecule has 0 saturated carbocycles. The maximum atomic E-state index is 9.41. The smallest absolute Gasteiger partial charge is 0.134 e. The SMILES string of the molecule is N#C/C(=C/C=C/c1ccccc1)c1nc(-c2ccc(Cl)c(Cl)c2)cs1. The van der Waals surface area contributed by atoms with Crippen LogP contribution in [0.3, 0.4) is 0 Å². The molecule has 0 radical (unpaired) electrons. The number of benzene rings is 2. The number of nitrogens with zero attached hydrogens (tertiary/aromatic N) is 2. The van der Waals surface area contributed by atoms with Crippen molar-refractivity contribution in [3.63, 3.8) is 0 Å². The summed E-state index contributed by atoms with van der Waals surface area (Å²) in [6.07, 6.45) is 5.57. The summed E-state index contributed by atoms with van der Waals surface area (Å²) < 4.78 is 0. The van der Waals surface area contributed by atoms with Crippen LogP contribution in [0.5, 0.6) is 0 Å². The van der Waals surface area contributed by atoms with Gasteiger partial charge in [0.05, 0.1) is 21.3 Å². The van der Waals surface area contributed by atoms with Crippen LogP contribution in [0.2, 0.25) is 10.0 Å². The Morgan fingerprint density at radius 2 is 1.88 bits per heavy atom. The maximum Gasteiger partial charge on any atom is 0.134 e. The third kappa shape index (κ3) is 4.37. The van der Waals surface area contributed by atoms with Crippen LogP contribution in [0.4, 0.5) is 0 Å². The first kappa shape index (κ1) is 17.4. The second kappa shape index (κ2) is 8.13. The minimum atomic E-state index is 0.482. The summed E-state index contributed by atoms with van der Waals surface area (Å²) in [5, 5.41) is 13.0. The number of hydrogen-bond acceptors (Lipinski definition) is 3. The first-order valence-electron chi connectivity index (χ1n) is 7.42. The van der Waals surface area contributed by atoms with Gasteiger partial charge in [0.1, 0.15) is 11.1 Å². The monoisotopic (exact) mass is 382 g/mol. The Morgan fingerprint density at radius 1 is 1.08 bits per heavy atom. The molecule has 122 valence electrons. The zero-order valence-electron chi connectivity index (χ0n) is 13.0. The third-order valence-corrected chi connectivity index (χ3v) is 5.04. The molecule has 0 aliphatic rings. The van der Waals surface area contributed by atoms with Crippen LogP contribution < -0.4 is 0 Å². The second-order valence-electron chi connectivity index (χ2n) is 5.13. The summed E-state index contributed by atoms with van der Waals surface area (Å²) in [4.78, 5) is 4.54. The quantitative estimate of drug-likeness (QED) is 0.370. The van der Waals surface area contributed by atoms with Crippen molar-refractivity contribution in [2.24, 2.45) is 0 Å². The van der Waals surface area contributed by atoms with Gasteiger partial charge in [0.25, 0.3) is 0 Å². The van der Waals surface area contributed by atoms with Gasteiger partial charge in [0, 0.05) is 10.9 Å². The highest BCUT2D eigenvalue weighted by Crippen LogP contribution is 2.30. The van der Waals surface area contributed by atoms with E-state index in [1.165, 1.54) is 11.3 Å². The average molecular weight is 383 g/mol. The molecular formula is C20H12Cl2N2S. The van der Waals surface area contributed by atoms with E-state index in [-0.39, 0.29) is 0 Å². The van der Waals surface area contributed by atoms with E-state index in [0.717, 1.165) is 16.8 Å². The number of halogens is 2. The van der Waals surface area contributed by atoms with Gasteiger partial charge in [0.15, 0.2) is 0 Å². The van der Waals surface area contributed by atoms with Gasteiger partial charge in [-0.1, -0.05) is 71.8 Å². The summed E-state index contributed by atoms with van der Waals surface area (Å²) in [7, 11) is 0. The number of nitriles is 1. The van der Waals surface area contributed by atoms with Crippen molar-refractivity contribution < 1.29 is 0 Å². The lowest BCUT2D eigenvalue weighted by molar-refractivity contribution is 1.37. The number of hydrogen-bond donors (Lipinski definition) is 0. The van der Waals surface area contributed by atoms with E-state index in [2.05, 4.69) is 11.1 Å². The van der Waals surface area contributed by atoms with Gasteiger partial charge in [-0.05, 0) is 23.8 Å². The largest absolute Gasteiger partial charge is 0.235 e. The van der Waals surface area contributed by atoms with E-state index in [9.17, 15) is 5.26 Å². The van der Waals surface area contributed by atoms with E-state index < -0.39 is 0 Å². The van der Waals surface area contributed by atoms with Crippen molar-refractivity contribution >= 4 is 46.2 Å². The first-order valence-corrected chi connectivity index (χ1v) is 9.06. The second-order valence-corrected chi connectivity index (χ2v) is 6.80. The number of aromatic nitrogens is 1. The van der Waals surface area contributed by atoms with Gasteiger partial charge in [-0.15, -0.1) is 11.3 Å². The molecule has 0 bridgehead atoms. The molecule has 0 amide bonds. The molecule has 25 heavy (non-hydrogen) atoms. The molecule has 1 heterocycles. The molecule has 3 rings (SSSR count). The molecule has 0 N–H and O–H groups in total. The van der Waals surface area contributed by atoms with Crippen molar-refractivity contribution in [2.75, 3.05) is 0 Å². The molecular weight excluding hydrogens is 371 g/mol. The fourth-order valence-electron chi connectivity index (χ4n) is 2.16. The normalized spacial score (nSPS) is 11.6.